The quantitative estimate of drug-likeness (QED) is 0.658. The molecule has 0 amide bonds. The van der Waals surface area contributed by atoms with Crippen molar-refractivity contribution in [3.8, 4) is 0 Å². The highest BCUT2D eigenvalue weighted by molar-refractivity contribution is 14.1. The number of nitrogens with two attached hydrogens (primary N) is 1. The van der Waals surface area contributed by atoms with E-state index < -0.39 is 0 Å². The molecule has 1 aromatic carbocycles. The third kappa shape index (κ3) is 2.61. The Hall–Kier alpha value is -1.08. The summed E-state index contributed by atoms with van der Waals surface area (Å²) >= 11 is 8.00. The fourth-order valence-corrected chi connectivity index (χ4v) is 2.16. The third-order valence-corrected chi connectivity index (χ3v) is 3.44. The van der Waals surface area contributed by atoms with Crippen molar-refractivity contribution in [1.29, 1.82) is 0 Å². The van der Waals surface area contributed by atoms with E-state index in [4.69, 9.17) is 17.3 Å². The molecule has 0 radical (unpaired) electrons. The normalized spacial score (nSPS) is 10.5. The fraction of sp³-hybridized carbons (Fsp3) is 0.0909. The van der Waals surface area contributed by atoms with Crippen LogP contribution < -0.4 is 11.3 Å². The van der Waals surface area contributed by atoms with E-state index in [9.17, 15) is 4.79 Å². The molecule has 2 aromatic rings. The Labute approximate surface area is 117 Å². The number of nitrogens with zero attached hydrogens (tertiary/aromatic N) is 2. The highest BCUT2D eigenvalue weighted by Crippen LogP contribution is 2.22. The van der Waals surface area contributed by atoms with Crippen molar-refractivity contribution in [2.75, 3.05) is 5.73 Å². The van der Waals surface area contributed by atoms with E-state index in [1.807, 2.05) is 22.6 Å². The van der Waals surface area contributed by atoms with Crippen molar-refractivity contribution in [3.63, 3.8) is 0 Å². The average Bonchev–Trinajstić information content (AvgIpc) is 2.29. The Balaban J connectivity index is 2.45. The molecule has 0 spiro atoms. The van der Waals surface area contributed by atoms with E-state index in [0.29, 0.717) is 20.8 Å². The molecule has 0 aliphatic rings. The van der Waals surface area contributed by atoms with E-state index in [1.165, 1.54) is 17.1 Å². The molecule has 1 heterocycles. The smallest absolute Gasteiger partial charge is 0.267 e. The summed E-state index contributed by atoms with van der Waals surface area (Å²) in [6, 6.07) is 5.28. The predicted octanol–water partition coefficient (Wildman–Crippen LogP) is 2.13. The van der Waals surface area contributed by atoms with Crippen LogP contribution in [0.3, 0.4) is 0 Å². The topological polar surface area (TPSA) is 60.9 Å². The van der Waals surface area contributed by atoms with E-state index in [1.54, 1.807) is 18.2 Å². The zero-order valence-electron chi connectivity index (χ0n) is 8.73. The lowest BCUT2D eigenvalue weighted by atomic mass is 10.2. The molecule has 0 saturated carbocycles. The summed E-state index contributed by atoms with van der Waals surface area (Å²) in [5, 5.41) is 0.552. The van der Waals surface area contributed by atoms with E-state index in [0.717, 1.165) is 5.56 Å². The van der Waals surface area contributed by atoms with Gasteiger partial charge in [-0.2, -0.15) is 0 Å². The van der Waals surface area contributed by atoms with Crippen LogP contribution >= 0.6 is 34.2 Å². The number of halogens is 2. The number of nitrogen functional groups attached to an aromatic ring is 1. The minimum atomic E-state index is -0.0973. The Morgan fingerprint density at radius 3 is 2.94 bits per heavy atom. The third-order valence-electron chi connectivity index (χ3n) is 2.34. The molecule has 88 valence electrons. The summed E-state index contributed by atoms with van der Waals surface area (Å²) in [6.07, 6.45) is 3.00. The minimum absolute atomic E-state index is 0.0973. The molecule has 17 heavy (non-hydrogen) atoms. The molecule has 2 N–H and O–H groups in total. The molecule has 2 rings (SSSR count). The van der Waals surface area contributed by atoms with Crippen LogP contribution in [0, 0.1) is 3.57 Å². The highest BCUT2D eigenvalue weighted by Gasteiger charge is 2.07. The first-order chi connectivity index (χ1) is 8.09. The molecule has 0 aliphatic heterocycles. The number of benzene rings is 1. The van der Waals surface area contributed by atoms with Gasteiger partial charge in [-0.05, 0) is 34.7 Å². The minimum Gasteiger partial charge on any atom is -0.398 e. The molecular weight excluding hydrogens is 352 g/mol. The Morgan fingerprint density at radius 1 is 1.47 bits per heavy atom. The number of hydrogen-bond donors (Lipinski definition) is 1. The van der Waals surface area contributed by atoms with Crippen molar-refractivity contribution < 1.29 is 0 Å². The molecule has 4 nitrogen and oxygen atoms in total. The molecule has 6 heteroatoms. The first-order valence-electron chi connectivity index (χ1n) is 4.82. The van der Waals surface area contributed by atoms with Gasteiger partial charge in [-0.3, -0.25) is 9.36 Å². The summed E-state index contributed by atoms with van der Waals surface area (Å²) in [5.41, 5.74) is 7.05. The van der Waals surface area contributed by atoms with Crippen LogP contribution in [0.1, 0.15) is 5.56 Å². The first kappa shape index (κ1) is 12.4. The molecule has 0 bridgehead atoms. The van der Waals surface area contributed by atoms with Crippen molar-refractivity contribution in [3.05, 3.63) is 55.2 Å². The monoisotopic (exact) mass is 361 g/mol. The second-order valence-electron chi connectivity index (χ2n) is 3.48. The molecule has 0 aliphatic carbocycles. The standard InChI is InChI=1S/C11H9ClIN3O/c12-8-2-1-3-10(14)7(8)5-16-6-15-4-9(13)11(16)17/h1-4,6H,5,14H2. The van der Waals surface area contributed by atoms with Crippen LogP contribution in [-0.4, -0.2) is 9.55 Å². The van der Waals surface area contributed by atoms with Gasteiger partial charge in [-0.1, -0.05) is 17.7 Å². The summed E-state index contributed by atoms with van der Waals surface area (Å²) in [7, 11) is 0. The van der Waals surface area contributed by atoms with Gasteiger partial charge < -0.3 is 5.73 Å². The van der Waals surface area contributed by atoms with Gasteiger partial charge >= 0.3 is 0 Å². The molecular formula is C11H9ClIN3O. The molecule has 1 aromatic heterocycles. The number of rotatable bonds is 2. The fourth-order valence-electron chi connectivity index (χ4n) is 1.45. The maximum absolute atomic E-state index is 11.8. The first-order valence-corrected chi connectivity index (χ1v) is 6.28. The molecule has 0 fully saturated rings. The Kier molecular flexibility index (Phi) is 3.68. The summed E-state index contributed by atoms with van der Waals surface area (Å²) in [4.78, 5) is 15.8. The van der Waals surface area contributed by atoms with Gasteiger partial charge in [0.1, 0.15) is 0 Å². The van der Waals surface area contributed by atoms with Gasteiger partial charge in [0, 0.05) is 22.5 Å². The maximum atomic E-state index is 11.8. The average molecular weight is 362 g/mol. The lowest BCUT2D eigenvalue weighted by Crippen LogP contribution is -2.23. The second kappa shape index (κ2) is 5.05. The van der Waals surface area contributed by atoms with E-state index in [-0.39, 0.29) is 5.56 Å². The van der Waals surface area contributed by atoms with Crippen LogP contribution in [0.5, 0.6) is 0 Å². The molecule has 0 saturated heterocycles. The van der Waals surface area contributed by atoms with Crippen LogP contribution in [0.15, 0.2) is 35.5 Å². The van der Waals surface area contributed by atoms with Crippen LogP contribution in [0.2, 0.25) is 5.02 Å². The number of hydrogen-bond acceptors (Lipinski definition) is 3. The predicted molar refractivity (Wildman–Crippen MR) is 76.2 cm³/mol. The Morgan fingerprint density at radius 2 is 2.24 bits per heavy atom. The van der Waals surface area contributed by atoms with Gasteiger partial charge in [0.15, 0.2) is 0 Å². The Bertz CT molecular complexity index is 592. The zero-order valence-corrected chi connectivity index (χ0v) is 11.6. The summed E-state index contributed by atoms with van der Waals surface area (Å²) in [6.45, 7) is 0.328. The highest BCUT2D eigenvalue weighted by atomic mass is 127. The van der Waals surface area contributed by atoms with Crippen molar-refractivity contribution in [1.82, 2.24) is 9.55 Å². The molecule has 0 unspecified atom stereocenters. The lowest BCUT2D eigenvalue weighted by molar-refractivity contribution is 0.732. The van der Waals surface area contributed by atoms with E-state index in [2.05, 4.69) is 4.98 Å². The second-order valence-corrected chi connectivity index (χ2v) is 5.05. The molecule has 0 atom stereocenters. The summed E-state index contributed by atoms with van der Waals surface area (Å²) in [5.74, 6) is 0. The lowest BCUT2D eigenvalue weighted by Gasteiger charge is -2.09. The maximum Gasteiger partial charge on any atom is 0.267 e. The number of aromatic nitrogens is 2. The van der Waals surface area contributed by atoms with Gasteiger partial charge in [-0.15, -0.1) is 0 Å². The largest absolute Gasteiger partial charge is 0.398 e. The van der Waals surface area contributed by atoms with Crippen LogP contribution in [0.4, 0.5) is 5.69 Å². The van der Waals surface area contributed by atoms with Crippen molar-refractivity contribution in [2.45, 2.75) is 6.54 Å². The van der Waals surface area contributed by atoms with E-state index >= 15 is 0 Å². The van der Waals surface area contributed by atoms with Gasteiger partial charge in [-0.25, -0.2) is 4.98 Å². The van der Waals surface area contributed by atoms with Crippen LogP contribution in [0.25, 0.3) is 0 Å². The number of anilines is 1. The van der Waals surface area contributed by atoms with Crippen LogP contribution in [-0.2, 0) is 6.54 Å². The zero-order chi connectivity index (χ0) is 12.4. The van der Waals surface area contributed by atoms with Crippen molar-refractivity contribution >= 4 is 39.9 Å². The van der Waals surface area contributed by atoms with Crippen molar-refractivity contribution in [2.24, 2.45) is 0 Å². The van der Waals surface area contributed by atoms with Gasteiger partial charge in [0.2, 0.25) is 0 Å². The summed E-state index contributed by atoms with van der Waals surface area (Å²) < 4.78 is 2.05. The van der Waals surface area contributed by atoms with Gasteiger partial charge in [0.05, 0.1) is 16.4 Å². The van der Waals surface area contributed by atoms with Gasteiger partial charge in [0.25, 0.3) is 5.56 Å². The SMILES string of the molecule is Nc1cccc(Cl)c1Cn1cncc(I)c1=O.